The summed E-state index contributed by atoms with van der Waals surface area (Å²) in [6.07, 6.45) is 7.28. The molecule has 0 bridgehead atoms. The van der Waals surface area contributed by atoms with Crippen LogP contribution in [0.5, 0.6) is 0 Å². The fourth-order valence-corrected chi connectivity index (χ4v) is 7.81. The third-order valence-electron chi connectivity index (χ3n) is 9.53. The second kappa shape index (κ2) is 6.11. The zero-order valence-corrected chi connectivity index (χ0v) is 18.4. The minimum absolute atomic E-state index is 0.131. The topological polar surface area (TPSA) is 45.2 Å². The molecule has 6 rings (SSSR count). The van der Waals surface area contributed by atoms with E-state index >= 15 is 0 Å². The lowest BCUT2D eigenvalue weighted by Crippen LogP contribution is -2.58. The van der Waals surface area contributed by atoms with Gasteiger partial charge in [0.15, 0.2) is 0 Å². The van der Waals surface area contributed by atoms with Crippen LogP contribution in [0.15, 0.2) is 48.1 Å². The van der Waals surface area contributed by atoms with Crippen LogP contribution < -0.4 is 0 Å². The molecule has 2 aromatic rings. The normalized spacial score (nSPS) is 42.1. The quantitative estimate of drug-likeness (QED) is 0.623. The summed E-state index contributed by atoms with van der Waals surface area (Å²) in [6.45, 7) is 11.1. The SMILES string of the molecule is C=C(C)[C@H]1O[C@H]2CC[C@@]3(C)[C@@H](CC[C@H]4Cc5c([nH]c6ccccc56)[C@@]43C)C2=C[C@H]1O. The van der Waals surface area contributed by atoms with Crippen molar-refractivity contribution < 1.29 is 9.84 Å². The highest BCUT2D eigenvalue weighted by atomic mass is 16.5. The molecule has 0 spiro atoms. The maximum absolute atomic E-state index is 10.8. The Labute approximate surface area is 179 Å². The Morgan fingerprint density at radius 1 is 1.20 bits per heavy atom. The highest BCUT2D eigenvalue weighted by molar-refractivity contribution is 5.86. The highest BCUT2D eigenvalue weighted by Crippen LogP contribution is 2.67. The van der Waals surface area contributed by atoms with E-state index < -0.39 is 6.10 Å². The molecular formula is C27H33NO2. The number of H-pyrrole nitrogens is 1. The number of hydrogen-bond acceptors (Lipinski definition) is 2. The van der Waals surface area contributed by atoms with E-state index in [-0.39, 0.29) is 23.0 Å². The second-order valence-electron chi connectivity index (χ2n) is 10.8. The smallest absolute Gasteiger partial charge is 0.108 e. The predicted molar refractivity (Wildman–Crippen MR) is 120 cm³/mol. The molecule has 30 heavy (non-hydrogen) atoms. The van der Waals surface area contributed by atoms with Gasteiger partial charge in [-0.2, -0.15) is 0 Å². The molecule has 7 atom stereocenters. The van der Waals surface area contributed by atoms with Gasteiger partial charge < -0.3 is 14.8 Å². The average Bonchev–Trinajstić information content (AvgIpc) is 3.22. The fraction of sp³-hybridized carbons (Fsp3) is 0.556. The summed E-state index contributed by atoms with van der Waals surface area (Å²) in [5.74, 6) is 1.16. The monoisotopic (exact) mass is 403 g/mol. The van der Waals surface area contributed by atoms with Gasteiger partial charge in [-0.1, -0.05) is 44.7 Å². The van der Waals surface area contributed by atoms with Gasteiger partial charge in [0.1, 0.15) is 12.2 Å². The van der Waals surface area contributed by atoms with E-state index in [1.807, 2.05) is 6.92 Å². The molecule has 0 amide bonds. The van der Waals surface area contributed by atoms with Gasteiger partial charge in [0.25, 0.3) is 0 Å². The molecule has 0 unspecified atom stereocenters. The first-order valence-corrected chi connectivity index (χ1v) is 11.6. The Kier molecular flexibility index (Phi) is 3.85. The first-order chi connectivity index (χ1) is 14.3. The van der Waals surface area contributed by atoms with Crippen molar-refractivity contribution in [2.45, 2.75) is 76.6 Å². The maximum atomic E-state index is 10.8. The van der Waals surface area contributed by atoms with Crippen molar-refractivity contribution in [3.8, 4) is 0 Å². The molecule has 3 nitrogen and oxygen atoms in total. The highest BCUT2D eigenvalue weighted by Gasteiger charge is 2.63. The van der Waals surface area contributed by atoms with Crippen molar-refractivity contribution in [1.29, 1.82) is 0 Å². The average molecular weight is 404 g/mol. The molecule has 2 N–H and O–H groups in total. The van der Waals surface area contributed by atoms with Crippen LogP contribution in [0, 0.1) is 17.3 Å². The molecule has 4 aliphatic rings. The molecule has 0 saturated heterocycles. The number of rotatable bonds is 1. The third kappa shape index (κ3) is 2.18. The first kappa shape index (κ1) is 18.9. The number of aliphatic hydroxyl groups excluding tert-OH is 1. The van der Waals surface area contributed by atoms with Crippen molar-refractivity contribution in [1.82, 2.24) is 4.98 Å². The number of aromatic nitrogens is 1. The lowest BCUT2D eigenvalue weighted by Gasteiger charge is -2.61. The zero-order valence-electron chi connectivity index (χ0n) is 18.4. The van der Waals surface area contributed by atoms with Crippen molar-refractivity contribution in [3.05, 3.63) is 59.3 Å². The third-order valence-corrected chi connectivity index (χ3v) is 9.53. The fourth-order valence-electron chi connectivity index (χ4n) is 7.81. The Hall–Kier alpha value is -1.84. The number of ether oxygens (including phenoxy) is 1. The zero-order chi connectivity index (χ0) is 20.8. The molecule has 0 radical (unpaired) electrons. The van der Waals surface area contributed by atoms with Crippen molar-refractivity contribution in [3.63, 3.8) is 0 Å². The minimum atomic E-state index is -0.575. The summed E-state index contributed by atoms with van der Waals surface area (Å²) in [5, 5.41) is 12.2. The lowest BCUT2D eigenvalue weighted by molar-refractivity contribution is -0.101. The Morgan fingerprint density at radius 3 is 2.80 bits per heavy atom. The van der Waals surface area contributed by atoms with Gasteiger partial charge in [0.05, 0.1) is 6.10 Å². The Morgan fingerprint density at radius 2 is 2.00 bits per heavy atom. The van der Waals surface area contributed by atoms with Crippen molar-refractivity contribution in [2.24, 2.45) is 17.3 Å². The van der Waals surface area contributed by atoms with E-state index in [0.29, 0.717) is 11.8 Å². The maximum Gasteiger partial charge on any atom is 0.108 e. The summed E-state index contributed by atoms with van der Waals surface area (Å²) in [6, 6.07) is 8.80. The van der Waals surface area contributed by atoms with Gasteiger partial charge in [0.2, 0.25) is 0 Å². The number of benzene rings is 1. The molecular weight excluding hydrogens is 370 g/mol. The van der Waals surface area contributed by atoms with Crippen LogP contribution >= 0.6 is 0 Å². The van der Waals surface area contributed by atoms with Crippen LogP contribution in [0.4, 0.5) is 0 Å². The lowest BCUT2D eigenvalue weighted by atomic mass is 9.44. The summed E-state index contributed by atoms with van der Waals surface area (Å²) >= 11 is 0. The molecule has 2 saturated carbocycles. The second-order valence-corrected chi connectivity index (χ2v) is 10.8. The summed E-state index contributed by atoms with van der Waals surface area (Å²) in [7, 11) is 0. The number of fused-ring (bicyclic) bond motifs is 9. The molecule has 2 fully saturated rings. The Balaban J connectivity index is 1.47. The van der Waals surface area contributed by atoms with E-state index in [4.69, 9.17) is 4.74 Å². The van der Waals surface area contributed by atoms with E-state index in [0.717, 1.165) is 12.0 Å². The standard InChI is InChI=1S/C27H33NO2/c1-15(2)24-22(29)14-19-20-10-9-16-13-18-17-7-5-6-8-21(17)28-25(18)27(16,4)26(20,3)12-11-23(19)30-24/h5-8,14,16,20,22-24,28-29H,1,9-13H2,2-4H3/t16-,20-,22+,23-,24+,26-,27+/m0/s1. The molecule has 158 valence electrons. The van der Waals surface area contributed by atoms with Crippen LogP contribution in [0.3, 0.4) is 0 Å². The number of aliphatic hydroxyl groups is 1. The van der Waals surface area contributed by atoms with E-state index in [2.05, 4.69) is 55.8 Å². The van der Waals surface area contributed by atoms with Crippen LogP contribution in [0.1, 0.15) is 57.7 Å². The molecule has 3 aliphatic carbocycles. The molecule has 1 aromatic heterocycles. The Bertz CT molecular complexity index is 1080. The molecule has 1 aromatic carbocycles. The van der Waals surface area contributed by atoms with Crippen LogP contribution in [-0.4, -0.2) is 28.4 Å². The van der Waals surface area contributed by atoms with Gasteiger partial charge in [0, 0.05) is 22.0 Å². The van der Waals surface area contributed by atoms with Crippen LogP contribution in [-0.2, 0) is 16.6 Å². The van der Waals surface area contributed by atoms with Crippen LogP contribution in [0.25, 0.3) is 10.9 Å². The number of para-hydroxylation sites is 1. The number of aromatic amines is 1. The summed E-state index contributed by atoms with van der Waals surface area (Å²) in [4.78, 5) is 3.87. The van der Waals surface area contributed by atoms with Gasteiger partial charge in [-0.3, -0.25) is 0 Å². The van der Waals surface area contributed by atoms with E-state index in [1.165, 1.54) is 47.9 Å². The number of hydrogen-bond donors (Lipinski definition) is 2. The van der Waals surface area contributed by atoms with Crippen molar-refractivity contribution in [2.75, 3.05) is 0 Å². The minimum Gasteiger partial charge on any atom is -0.386 e. The molecule has 3 heteroatoms. The van der Waals surface area contributed by atoms with Gasteiger partial charge >= 0.3 is 0 Å². The number of nitrogens with one attached hydrogen (secondary N) is 1. The van der Waals surface area contributed by atoms with E-state index in [9.17, 15) is 5.11 Å². The van der Waals surface area contributed by atoms with Gasteiger partial charge in [-0.15, -0.1) is 0 Å². The predicted octanol–water partition coefficient (Wildman–Crippen LogP) is 5.44. The first-order valence-electron chi connectivity index (χ1n) is 11.6. The van der Waals surface area contributed by atoms with Crippen molar-refractivity contribution >= 4 is 10.9 Å². The molecule has 2 heterocycles. The largest absolute Gasteiger partial charge is 0.386 e. The summed E-state index contributed by atoms with van der Waals surface area (Å²) < 4.78 is 6.39. The molecule has 1 aliphatic heterocycles. The van der Waals surface area contributed by atoms with Gasteiger partial charge in [-0.05, 0) is 79.1 Å². The van der Waals surface area contributed by atoms with Gasteiger partial charge in [-0.25, -0.2) is 0 Å². The summed E-state index contributed by atoms with van der Waals surface area (Å²) in [5.41, 5.74) is 6.89. The van der Waals surface area contributed by atoms with E-state index in [1.54, 1.807) is 5.56 Å². The van der Waals surface area contributed by atoms with Crippen LogP contribution in [0.2, 0.25) is 0 Å².